The molecule has 7 heteroatoms. The van der Waals surface area contributed by atoms with E-state index in [1.165, 1.54) is 24.3 Å². The smallest absolute Gasteiger partial charge is 0.269 e. The van der Waals surface area contributed by atoms with E-state index in [0.29, 0.717) is 23.7 Å². The largest absolute Gasteiger partial charge is 0.486 e. The van der Waals surface area contributed by atoms with Crippen molar-refractivity contribution in [1.29, 1.82) is 0 Å². The summed E-state index contributed by atoms with van der Waals surface area (Å²) in [4.78, 5) is 22.4. The van der Waals surface area contributed by atoms with E-state index < -0.39 is 4.92 Å². The van der Waals surface area contributed by atoms with E-state index in [-0.39, 0.29) is 23.7 Å². The van der Waals surface area contributed by atoms with Crippen LogP contribution in [0.15, 0.2) is 48.5 Å². The van der Waals surface area contributed by atoms with E-state index in [0.717, 1.165) is 0 Å². The van der Waals surface area contributed by atoms with Crippen LogP contribution >= 0.6 is 0 Å². The number of fused-ring (bicyclic) bond motifs is 1. The molecule has 1 heterocycles. The summed E-state index contributed by atoms with van der Waals surface area (Å²) in [5, 5.41) is 13.5. The van der Waals surface area contributed by atoms with Crippen molar-refractivity contribution < 1.29 is 19.2 Å². The zero-order chi connectivity index (χ0) is 17.1. The van der Waals surface area contributed by atoms with Gasteiger partial charge in [0.15, 0.2) is 17.6 Å². The third-order valence-electron chi connectivity index (χ3n) is 3.79. The van der Waals surface area contributed by atoms with E-state index in [4.69, 9.17) is 9.47 Å². The van der Waals surface area contributed by atoms with Gasteiger partial charge in [-0.15, -0.1) is 0 Å². The van der Waals surface area contributed by atoms with Crippen LogP contribution < -0.4 is 14.8 Å². The van der Waals surface area contributed by atoms with Crippen molar-refractivity contribution in [2.24, 2.45) is 0 Å². The quantitative estimate of drug-likeness (QED) is 0.688. The summed E-state index contributed by atoms with van der Waals surface area (Å²) in [5.74, 6) is 1.01. The van der Waals surface area contributed by atoms with Gasteiger partial charge in [0.2, 0.25) is 0 Å². The topological polar surface area (TPSA) is 90.7 Å². The van der Waals surface area contributed by atoms with Crippen LogP contribution in [-0.4, -0.2) is 29.6 Å². The molecule has 1 amide bonds. The van der Waals surface area contributed by atoms with Crippen LogP contribution in [0.25, 0.3) is 0 Å². The minimum atomic E-state index is -0.505. The fourth-order valence-electron chi connectivity index (χ4n) is 2.40. The zero-order valence-corrected chi connectivity index (χ0v) is 13.0. The summed E-state index contributed by atoms with van der Waals surface area (Å²) in [7, 11) is 0. The summed E-state index contributed by atoms with van der Waals surface area (Å²) < 4.78 is 11.5. The fourth-order valence-corrected chi connectivity index (χ4v) is 2.40. The number of hydrogen-bond acceptors (Lipinski definition) is 5. The van der Waals surface area contributed by atoms with E-state index in [9.17, 15) is 14.9 Å². The van der Waals surface area contributed by atoms with Crippen LogP contribution in [-0.2, 0) is 0 Å². The number of benzene rings is 2. The second-order valence-electron chi connectivity index (χ2n) is 5.48. The van der Waals surface area contributed by atoms with Crippen molar-refractivity contribution in [1.82, 2.24) is 5.32 Å². The molecule has 0 unspecified atom stereocenters. The van der Waals surface area contributed by atoms with Crippen molar-refractivity contribution >= 4 is 11.6 Å². The number of nitro benzene ring substituents is 1. The number of carbonyl (C=O) groups excluding carboxylic acids is 1. The second-order valence-corrected chi connectivity index (χ2v) is 5.48. The highest BCUT2D eigenvalue weighted by Crippen LogP contribution is 2.31. The van der Waals surface area contributed by atoms with Gasteiger partial charge in [-0.3, -0.25) is 14.9 Å². The van der Waals surface area contributed by atoms with Crippen molar-refractivity contribution in [2.45, 2.75) is 19.1 Å². The highest BCUT2D eigenvalue weighted by Gasteiger charge is 2.27. The number of ether oxygens (including phenoxy) is 2. The molecule has 2 aromatic rings. The number of non-ortho nitro benzene ring substituents is 1. The highest BCUT2D eigenvalue weighted by atomic mass is 16.6. The average Bonchev–Trinajstić information content (AvgIpc) is 2.61. The van der Waals surface area contributed by atoms with Gasteiger partial charge in [-0.2, -0.15) is 0 Å². The molecule has 0 bridgehead atoms. The van der Waals surface area contributed by atoms with Crippen LogP contribution in [0.3, 0.4) is 0 Å². The maximum atomic E-state index is 12.2. The lowest BCUT2D eigenvalue weighted by atomic mass is 10.1. The third-order valence-corrected chi connectivity index (χ3v) is 3.79. The molecular weight excluding hydrogens is 312 g/mol. The summed E-state index contributed by atoms with van der Waals surface area (Å²) in [5.41, 5.74) is 0.296. The van der Waals surface area contributed by atoms with E-state index >= 15 is 0 Å². The van der Waals surface area contributed by atoms with Crippen molar-refractivity contribution in [2.75, 3.05) is 6.61 Å². The summed E-state index contributed by atoms with van der Waals surface area (Å²) in [6, 6.07) is 12.5. The first-order valence-electron chi connectivity index (χ1n) is 7.48. The molecule has 0 fully saturated rings. The molecule has 0 saturated heterocycles. The molecular formula is C17H16N2O5. The monoisotopic (exact) mass is 328 g/mol. The molecule has 0 radical (unpaired) electrons. The number of amides is 1. The fraction of sp³-hybridized carbons (Fsp3) is 0.235. The Hall–Kier alpha value is -3.09. The number of hydrogen-bond donors (Lipinski definition) is 1. The Bertz CT molecular complexity index is 760. The summed E-state index contributed by atoms with van der Waals surface area (Å²) in [6.45, 7) is 2.16. The van der Waals surface area contributed by atoms with Crippen LogP contribution in [0, 0.1) is 10.1 Å². The number of para-hydroxylation sites is 2. The Balaban J connectivity index is 1.63. The second kappa shape index (κ2) is 6.57. The minimum Gasteiger partial charge on any atom is -0.486 e. The number of nitro groups is 1. The lowest BCUT2D eigenvalue weighted by Crippen LogP contribution is -2.48. The van der Waals surface area contributed by atoms with Crippen LogP contribution in [0.4, 0.5) is 5.69 Å². The van der Waals surface area contributed by atoms with Gasteiger partial charge in [0.1, 0.15) is 6.61 Å². The maximum absolute atomic E-state index is 12.2. The zero-order valence-electron chi connectivity index (χ0n) is 13.0. The lowest BCUT2D eigenvalue weighted by molar-refractivity contribution is -0.384. The van der Waals surface area contributed by atoms with Gasteiger partial charge in [0.25, 0.3) is 11.6 Å². The Morgan fingerprint density at radius 2 is 1.88 bits per heavy atom. The minimum absolute atomic E-state index is 0.0554. The number of nitrogens with zero attached hydrogens (tertiary/aromatic N) is 1. The Morgan fingerprint density at radius 1 is 1.21 bits per heavy atom. The Morgan fingerprint density at radius 3 is 2.54 bits per heavy atom. The molecule has 1 aliphatic rings. The van der Waals surface area contributed by atoms with Crippen LogP contribution in [0.1, 0.15) is 17.3 Å². The van der Waals surface area contributed by atoms with E-state index in [2.05, 4.69) is 5.32 Å². The van der Waals surface area contributed by atoms with Crippen molar-refractivity contribution in [3.05, 3.63) is 64.2 Å². The highest BCUT2D eigenvalue weighted by molar-refractivity contribution is 5.94. The van der Waals surface area contributed by atoms with E-state index in [1.54, 1.807) is 0 Å². The van der Waals surface area contributed by atoms with E-state index in [1.807, 2.05) is 31.2 Å². The lowest BCUT2D eigenvalue weighted by Gasteiger charge is -2.30. The van der Waals surface area contributed by atoms with Gasteiger partial charge in [-0.1, -0.05) is 12.1 Å². The standard InChI is InChI=1S/C17H16N2O5/c1-11(16-10-23-14-4-2-3-5-15(14)24-16)18-17(20)12-6-8-13(9-7-12)19(21)22/h2-9,11,16H,10H2,1H3,(H,18,20)/t11-,16-/m0/s1. The average molecular weight is 328 g/mol. The molecule has 124 valence electrons. The number of rotatable bonds is 4. The van der Waals surface area contributed by atoms with Crippen LogP contribution in [0.2, 0.25) is 0 Å². The van der Waals surface area contributed by atoms with Gasteiger partial charge < -0.3 is 14.8 Å². The Labute approximate surface area is 138 Å². The molecule has 0 spiro atoms. The summed E-state index contributed by atoms with van der Waals surface area (Å²) >= 11 is 0. The Kier molecular flexibility index (Phi) is 4.33. The maximum Gasteiger partial charge on any atom is 0.269 e. The van der Waals surface area contributed by atoms with Gasteiger partial charge in [-0.05, 0) is 31.2 Å². The van der Waals surface area contributed by atoms with Gasteiger partial charge in [-0.25, -0.2) is 0 Å². The molecule has 1 aliphatic heterocycles. The SMILES string of the molecule is C[C@H](NC(=O)c1ccc([N+](=O)[O-])cc1)[C@@H]1COc2ccccc2O1. The first-order chi connectivity index (χ1) is 11.5. The predicted octanol–water partition coefficient (Wildman–Crippen LogP) is 2.55. The molecule has 7 nitrogen and oxygen atoms in total. The molecule has 0 saturated carbocycles. The summed E-state index contributed by atoms with van der Waals surface area (Å²) in [6.07, 6.45) is -0.318. The molecule has 1 N–H and O–H groups in total. The molecule has 2 atom stereocenters. The molecule has 0 aromatic heterocycles. The molecule has 2 aromatic carbocycles. The number of nitrogens with one attached hydrogen (secondary N) is 1. The normalized spacial score (nSPS) is 17.0. The van der Waals surface area contributed by atoms with Gasteiger partial charge >= 0.3 is 0 Å². The van der Waals surface area contributed by atoms with Crippen molar-refractivity contribution in [3.63, 3.8) is 0 Å². The van der Waals surface area contributed by atoms with Gasteiger partial charge in [0, 0.05) is 17.7 Å². The first kappa shape index (κ1) is 15.8. The molecule has 3 rings (SSSR count). The molecule has 24 heavy (non-hydrogen) atoms. The molecule has 0 aliphatic carbocycles. The van der Waals surface area contributed by atoms with Crippen molar-refractivity contribution in [3.8, 4) is 11.5 Å². The van der Waals surface area contributed by atoms with Crippen LogP contribution in [0.5, 0.6) is 11.5 Å². The first-order valence-corrected chi connectivity index (χ1v) is 7.48. The van der Waals surface area contributed by atoms with Gasteiger partial charge in [0.05, 0.1) is 11.0 Å². The predicted molar refractivity (Wildman–Crippen MR) is 86.4 cm³/mol. The third kappa shape index (κ3) is 3.29. The number of carbonyl (C=O) groups is 1.